The molecule has 0 radical (unpaired) electrons. The zero-order valence-electron chi connectivity index (χ0n) is 32.5. The number of carbonyl (C=O) groups is 4. The third-order valence-electron chi connectivity index (χ3n) is 9.89. The summed E-state index contributed by atoms with van der Waals surface area (Å²) in [4.78, 5) is 51.4. The number of aliphatic hydroxyl groups excluding tert-OH is 5. The lowest BCUT2D eigenvalue weighted by molar-refractivity contribution is -0.355. The van der Waals surface area contributed by atoms with Gasteiger partial charge in [-0.1, -0.05) is 26.0 Å². The maximum absolute atomic E-state index is 13.0. The Bertz CT molecular complexity index is 1420. The number of esters is 2. The topological polar surface area (TPSA) is 252 Å². The molecule has 2 amide bonds. The van der Waals surface area contributed by atoms with Gasteiger partial charge in [-0.05, 0) is 56.8 Å². The highest BCUT2D eigenvalue weighted by atomic mass is 16.8. The molecule has 0 aromatic heterocycles. The summed E-state index contributed by atoms with van der Waals surface area (Å²) < 4.78 is 34.2. The van der Waals surface area contributed by atoms with Crippen LogP contribution < -0.4 is 15.4 Å². The molecule has 3 heterocycles. The third kappa shape index (κ3) is 12.8. The summed E-state index contributed by atoms with van der Waals surface area (Å²) >= 11 is 0. The van der Waals surface area contributed by atoms with Crippen LogP contribution in [0.25, 0.3) is 0 Å². The molecule has 18 heteroatoms. The second-order valence-electron chi connectivity index (χ2n) is 14.5. The number of ether oxygens (including phenoxy) is 6. The second kappa shape index (κ2) is 21.9. The van der Waals surface area contributed by atoms with E-state index in [1.54, 1.807) is 36.1 Å². The fourth-order valence-corrected chi connectivity index (χ4v) is 6.77. The minimum Gasteiger partial charge on any atom is -0.463 e. The number of nitrogens with zero attached hydrogens (tertiary/aromatic N) is 1. The average molecular weight is 798 g/mol. The van der Waals surface area contributed by atoms with E-state index in [1.807, 2.05) is 6.92 Å². The molecule has 4 rings (SSSR count). The molecule has 3 aliphatic rings. The van der Waals surface area contributed by atoms with Crippen molar-refractivity contribution in [3.05, 3.63) is 29.8 Å². The number of hydrogen-bond acceptors (Lipinski definition) is 16. The fourth-order valence-electron chi connectivity index (χ4n) is 6.77. The summed E-state index contributed by atoms with van der Waals surface area (Å²) in [7, 11) is 0. The lowest BCUT2D eigenvalue weighted by Crippen LogP contribution is -2.64. The van der Waals surface area contributed by atoms with Crippen LogP contribution in [0.4, 0.5) is 0 Å². The molecule has 56 heavy (non-hydrogen) atoms. The maximum atomic E-state index is 13.0. The predicted molar refractivity (Wildman–Crippen MR) is 195 cm³/mol. The molecule has 0 spiro atoms. The Morgan fingerprint density at radius 1 is 0.893 bits per heavy atom. The maximum Gasteiger partial charge on any atom is 0.305 e. The highest BCUT2D eigenvalue weighted by molar-refractivity contribution is 5.77. The smallest absolute Gasteiger partial charge is 0.305 e. The van der Waals surface area contributed by atoms with Crippen LogP contribution in [-0.2, 0) is 42.9 Å². The van der Waals surface area contributed by atoms with Crippen LogP contribution in [0.5, 0.6) is 5.75 Å². The van der Waals surface area contributed by atoms with E-state index in [0.717, 1.165) is 5.56 Å². The minimum absolute atomic E-state index is 0.0372. The molecule has 1 aromatic carbocycles. The van der Waals surface area contributed by atoms with E-state index >= 15 is 0 Å². The summed E-state index contributed by atoms with van der Waals surface area (Å²) in [5, 5.41) is 59.8. The first-order chi connectivity index (χ1) is 26.7. The van der Waals surface area contributed by atoms with Gasteiger partial charge in [0.25, 0.3) is 0 Å². The van der Waals surface area contributed by atoms with Gasteiger partial charge in [-0.15, -0.1) is 0 Å². The van der Waals surface area contributed by atoms with Crippen molar-refractivity contribution in [3.8, 4) is 5.75 Å². The largest absolute Gasteiger partial charge is 0.463 e. The zero-order chi connectivity index (χ0) is 40.9. The fraction of sp³-hybridized carbons (Fsp3) is 0.737. The van der Waals surface area contributed by atoms with Gasteiger partial charge in [-0.3, -0.25) is 19.2 Å². The number of nitrogens with one attached hydrogen (secondary N) is 2. The first-order valence-electron chi connectivity index (χ1n) is 19.5. The van der Waals surface area contributed by atoms with Crippen molar-refractivity contribution in [2.45, 2.75) is 146 Å². The van der Waals surface area contributed by atoms with E-state index in [2.05, 4.69) is 10.6 Å². The first-order valence-corrected chi connectivity index (χ1v) is 19.5. The van der Waals surface area contributed by atoms with Crippen LogP contribution >= 0.6 is 0 Å². The van der Waals surface area contributed by atoms with Crippen LogP contribution in [0.15, 0.2) is 24.3 Å². The standard InChI is InChI=1S/C38H59N3O15/c1-5-8-29(44)41-17-7-15-40-28(43)18-26(39-16-14-25(19-41)53-22(4)42)23-10-12-24(13-11-23)54-38-36(34(49)31(46)21(3)52-38)56-37-35(50)33(48)32(47)27(55-37)20-51-30(45)9-6-2/h10-13,21,25-27,31-39,46-50H,5-9,14-20H2,1-4H3,(H,40,43)/t21-,25+,26?,27+,31-,32+,33-,34+,35+,36+,37-,38-/m0/s1. The van der Waals surface area contributed by atoms with E-state index < -0.39 is 92.1 Å². The van der Waals surface area contributed by atoms with Crippen LogP contribution in [0.1, 0.15) is 84.2 Å². The Morgan fingerprint density at radius 3 is 2.29 bits per heavy atom. The van der Waals surface area contributed by atoms with Crippen molar-refractivity contribution in [2.24, 2.45) is 0 Å². The number of benzene rings is 1. The molecule has 3 saturated heterocycles. The van der Waals surface area contributed by atoms with Crippen molar-refractivity contribution in [1.29, 1.82) is 0 Å². The summed E-state index contributed by atoms with van der Waals surface area (Å²) in [5.41, 5.74) is 0.726. The summed E-state index contributed by atoms with van der Waals surface area (Å²) in [6.07, 6.45) is -12.8. The molecule has 18 nitrogen and oxygen atoms in total. The molecule has 316 valence electrons. The number of hydrogen-bond donors (Lipinski definition) is 7. The SMILES string of the molecule is CCCC(=O)OC[C@H]1O[C@@H](O[C@H]2[C@H](Oc3ccc(C4CC(=O)NCCCN(C(=O)CCC)C[C@H](OC(C)=O)CCN4)cc3)O[C@@H](C)[C@H](O)[C@H]2O)[C@H](O)[C@@H](O)[C@@H]1O. The Hall–Kier alpha value is -3.46. The Morgan fingerprint density at radius 2 is 1.61 bits per heavy atom. The van der Waals surface area contributed by atoms with E-state index in [-0.39, 0.29) is 37.0 Å². The van der Waals surface area contributed by atoms with Gasteiger partial charge in [-0.25, -0.2) is 0 Å². The Kier molecular flexibility index (Phi) is 17.7. The second-order valence-corrected chi connectivity index (χ2v) is 14.5. The van der Waals surface area contributed by atoms with Crippen molar-refractivity contribution in [1.82, 2.24) is 15.5 Å². The van der Waals surface area contributed by atoms with Gasteiger partial charge in [0.2, 0.25) is 18.1 Å². The van der Waals surface area contributed by atoms with E-state index in [4.69, 9.17) is 28.4 Å². The highest BCUT2D eigenvalue weighted by Gasteiger charge is 2.51. The molecule has 0 bridgehead atoms. The molecular weight excluding hydrogens is 738 g/mol. The molecule has 1 unspecified atom stereocenters. The van der Waals surface area contributed by atoms with Crippen molar-refractivity contribution >= 4 is 23.8 Å². The lowest BCUT2D eigenvalue weighted by atomic mass is 9.97. The molecular formula is C38H59N3O15. The Balaban J connectivity index is 1.47. The number of rotatable bonds is 12. The first kappa shape index (κ1) is 45.2. The zero-order valence-corrected chi connectivity index (χ0v) is 32.5. The number of carbonyl (C=O) groups excluding carboxylic acids is 4. The van der Waals surface area contributed by atoms with Crippen molar-refractivity contribution in [3.63, 3.8) is 0 Å². The summed E-state index contributed by atoms with van der Waals surface area (Å²) in [6, 6.07) is 6.24. The minimum atomic E-state index is -1.80. The molecule has 3 aliphatic heterocycles. The molecule has 0 aliphatic carbocycles. The molecule has 3 fully saturated rings. The number of amides is 2. The Labute approximate surface area is 326 Å². The van der Waals surface area contributed by atoms with Crippen LogP contribution in [0, 0.1) is 0 Å². The molecule has 12 atom stereocenters. The van der Waals surface area contributed by atoms with Crippen LogP contribution in [0.2, 0.25) is 0 Å². The van der Waals surface area contributed by atoms with Crippen LogP contribution in [0.3, 0.4) is 0 Å². The van der Waals surface area contributed by atoms with Gasteiger partial charge < -0.3 is 69.5 Å². The van der Waals surface area contributed by atoms with Gasteiger partial charge in [0.1, 0.15) is 55.1 Å². The third-order valence-corrected chi connectivity index (χ3v) is 9.89. The highest BCUT2D eigenvalue weighted by Crippen LogP contribution is 2.31. The van der Waals surface area contributed by atoms with Crippen molar-refractivity contribution < 1.29 is 73.1 Å². The van der Waals surface area contributed by atoms with Gasteiger partial charge in [0.15, 0.2) is 12.4 Å². The van der Waals surface area contributed by atoms with Gasteiger partial charge in [0, 0.05) is 45.3 Å². The van der Waals surface area contributed by atoms with Gasteiger partial charge >= 0.3 is 11.9 Å². The van der Waals surface area contributed by atoms with Crippen LogP contribution in [-0.4, -0.2) is 154 Å². The van der Waals surface area contributed by atoms with Crippen molar-refractivity contribution in [2.75, 3.05) is 32.8 Å². The normalized spacial score (nSPS) is 33.5. The quantitative estimate of drug-likeness (QED) is 0.132. The van der Waals surface area contributed by atoms with Gasteiger partial charge in [0.05, 0.1) is 12.6 Å². The monoisotopic (exact) mass is 797 g/mol. The van der Waals surface area contributed by atoms with E-state index in [0.29, 0.717) is 51.7 Å². The lowest BCUT2D eigenvalue weighted by Gasteiger charge is -2.45. The predicted octanol–water partition coefficient (Wildman–Crippen LogP) is -0.441. The number of aliphatic hydroxyl groups is 5. The van der Waals surface area contributed by atoms with E-state index in [9.17, 15) is 44.7 Å². The summed E-state index contributed by atoms with van der Waals surface area (Å²) in [5.74, 6) is -0.982. The molecule has 7 N–H and O–H groups in total. The average Bonchev–Trinajstić information content (AvgIpc) is 3.17. The van der Waals surface area contributed by atoms with E-state index in [1.165, 1.54) is 13.8 Å². The summed E-state index contributed by atoms with van der Waals surface area (Å²) in [6.45, 7) is 7.48. The molecule has 1 aromatic rings. The van der Waals surface area contributed by atoms with Gasteiger partial charge in [-0.2, -0.15) is 0 Å². The molecule has 0 saturated carbocycles.